The minimum Gasteiger partial charge on any atom is -0.493 e. The maximum absolute atomic E-state index is 13.9. The van der Waals surface area contributed by atoms with E-state index >= 15 is 0 Å². The first kappa shape index (κ1) is 29.7. The number of para-hydroxylation sites is 1. The zero-order valence-electron chi connectivity index (χ0n) is 21.8. The molecule has 0 aliphatic rings. The highest BCUT2D eigenvalue weighted by Gasteiger charge is 2.29. The maximum Gasteiger partial charge on any atom is 0.264 e. The third-order valence-electron chi connectivity index (χ3n) is 5.54. The molecule has 0 fully saturated rings. The van der Waals surface area contributed by atoms with Crippen molar-refractivity contribution in [2.24, 2.45) is 5.92 Å². The Hall–Kier alpha value is -3.83. The molecule has 0 aliphatic carbocycles. The topological polar surface area (TPSA) is 114 Å². The zero-order valence-corrected chi connectivity index (χ0v) is 23.4. The predicted molar refractivity (Wildman–Crippen MR) is 148 cm³/mol. The number of halogens is 2. The molecule has 0 radical (unpaired) electrons. The van der Waals surface area contributed by atoms with Crippen LogP contribution in [-0.2, 0) is 14.8 Å². The van der Waals surface area contributed by atoms with E-state index in [0.29, 0.717) is 12.3 Å². The zero-order chi connectivity index (χ0) is 28.7. The number of hydrogen-bond donors (Lipinski definition) is 2. The molecule has 3 aromatic rings. The van der Waals surface area contributed by atoms with Crippen LogP contribution in [-0.4, -0.2) is 47.5 Å². The molecule has 0 saturated heterocycles. The molecule has 3 rings (SSSR count). The quantitative estimate of drug-likeness (QED) is 0.341. The first-order valence-electron chi connectivity index (χ1n) is 11.8. The van der Waals surface area contributed by atoms with Gasteiger partial charge in [-0.05, 0) is 48.4 Å². The van der Waals surface area contributed by atoms with Crippen LogP contribution in [0.1, 0.15) is 24.2 Å². The second-order valence-corrected chi connectivity index (χ2v) is 11.1. The minimum atomic E-state index is -4.40. The van der Waals surface area contributed by atoms with Crippen LogP contribution in [0.25, 0.3) is 0 Å². The largest absolute Gasteiger partial charge is 0.493 e. The lowest BCUT2D eigenvalue weighted by Gasteiger charge is -2.25. The number of carbonyl (C=O) groups excluding carboxylic acids is 2. The number of sulfonamides is 1. The molecule has 12 heteroatoms. The molecule has 0 bridgehead atoms. The number of carbonyl (C=O) groups is 2. The minimum absolute atomic E-state index is 0.0469. The standard InChI is InChI=1S/C27H29ClFN3O6S/c1-17(2)15-30-27(34)20-7-5-6-8-23(20)31-26(33)16-32(18-9-11-22(29)21(28)13-18)39(35,36)19-10-12-24(37-3)25(14-19)38-4/h5-14,17H,15-16H2,1-4H3,(H,30,34)(H,31,33). The van der Waals surface area contributed by atoms with Gasteiger partial charge in [-0.15, -0.1) is 0 Å². The van der Waals surface area contributed by atoms with Crippen molar-refractivity contribution in [3.05, 3.63) is 77.1 Å². The van der Waals surface area contributed by atoms with Crippen molar-refractivity contribution < 1.29 is 31.9 Å². The van der Waals surface area contributed by atoms with Gasteiger partial charge >= 0.3 is 0 Å². The summed E-state index contributed by atoms with van der Waals surface area (Å²) in [6, 6.07) is 13.6. The SMILES string of the molecule is COc1ccc(S(=O)(=O)N(CC(=O)Nc2ccccc2C(=O)NCC(C)C)c2ccc(F)c(Cl)c2)cc1OC. The molecule has 3 aromatic carbocycles. The molecule has 0 saturated carbocycles. The average molecular weight is 578 g/mol. The Labute approximate surface area is 231 Å². The normalized spacial score (nSPS) is 11.2. The molecule has 0 aromatic heterocycles. The van der Waals surface area contributed by atoms with Crippen molar-refractivity contribution in [2.45, 2.75) is 18.7 Å². The lowest BCUT2D eigenvalue weighted by atomic mass is 10.1. The van der Waals surface area contributed by atoms with E-state index in [1.54, 1.807) is 18.2 Å². The third-order valence-corrected chi connectivity index (χ3v) is 7.60. The molecule has 2 amide bonds. The first-order valence-corrected chi connectivity index (χ1v) is 13.7. The summed E-state index contributed by atoms with van der Waals surface area (Å²) in [5.41, 5.74) is 0.365. The summed E-state index contributed by atoms with van der Waals surface area (Å²) in [5.74, 6) is -1.22. The number of anilines is 2. The van der Waals surface area contributed by atoms with E-state index in [4.69, 9.17) is 21.1 Å². The second-order valence-electron chi connectivity index (χ2n) is 8.82. The molecular weight excluding hydrogens is 549 g/mol. The van der Waals surface area contributed by atoms with Crippen molar-refractivity contribution in [3.63, 3.8) is 0 Å². The summed E-state index contributed by atoms with van der Waals surface area (Å²) in [6.45, 7) is 3.62. The van der Waals surface area contributed by atoms with E-state index in [1.807, 2.05) is 13.8 Å². The Balaban J connectivity index is 1.98. The van der Waals surface area contributed by atoms with Gasteiger partial charge in [-0.25, -0.2) is 12.8 Å². The van der Waals surface area contributed by atoms with Crippen LogP contribution in [0.4, 0.5) is 15.8 Å². The Kier molecular flexibility index (Phi) is 9.76. The summed E-state index contributed by atoms with van der Waals surface area (Å²) >= 11 is 5.94. The van der Waals surface area contributed by atoms with Crippen molar-refractivity contribution in [1.29, 1.82) is 0 Å². The van der Waals surface area contributed by atoms with Gasteiger partial charge in [0.1, 0.15) is 12.4 Å². The Morgan fingerprint density at radius 2 is 1.69 bits per heavy atom. The summed E-state index contributed by atoms with van der Waals surface area (Å²) in [4.78, 5) is 25.7. The Morgan fingerprint density at radius 1 is 1.00 bits per heavy atom. The van der Waals surface area contributed by atoms with Gasteiger partial charge in [-0.3, -0.25) is 13.9 Å². The van der Waals surface area contributed by atoms with Crippen LogP contribution in [0.3, 0.4) is 0 Å². The second kappa shape index (κ2) is 12.8. The highest BCUT2D eigenvalue weighted by molar-refractivity contribution is 7.92. The van der Waals surface area contributed by atoms with E-state index in [-0.39, 0.29) is 44.4 Å². The Bertz CT molecular complexity index is 1470. The lowest BCUT2D eigenvalue weighted by Crippen LogP contribution is -2.38. The molecule has 0 aliphatic heterocycles. The molecule has 0 spiro atoms. The van der Waals surface area contributed by atoms with Gasteiger partial charge in [0.05, 0.1) is 41.1 Å². The number of rotatable bonds is 11. The van der Waals surface area contributed by atoms with Gasteiger partial charge < -0.3 is 20.1 Å². The number of nitrogens with one attached hydrogen (secondary N) is 2. The van der Waals surface area contributed by atoms with Gasteiger partial charge in [0.2, 0.25) is 5.91 Å². The van der Waals surface area contributed by atoms with Crippen molar-refractivity contribution in [2.75, 3.05) is 36.9 Å². The highest BCUT2D eigenvalue weighted by Crippen LogP contribution is 2.33. The summed E-state index contributed by atoms with van der Waals surface area (Å²) in [5, 5.41) is 5.07. The van der Waals surface area contributed by atoms with E-state index < -0.39 is 28.3 Å². The molecule has 0 atom stereocenters. The van der Waals surface area contributed by atoms with Gasteiger partial charge in [-0.1, -0.05) is 37.6 Å². The number of amides is 2. The monoisotopic (exact) mass is 577 g/mol. The van der Waals surface area contributed by atoms with Gasteiger partial charge in [-0.2, -0.15) is 0 Å². The highest BCUT2D eigenvalue weighted by atomic mass is 35.5. The van der Waals surface area contributed by atoms with Crippen molar-refractivity contribution >= 4 is 44.8 Å². The van der Waals surface area contributed by atoms with E-state index in [9.17, 15) is 22.4 Å². The molecule has 2 N–H and O–H groups in total. The van der Waals surface area contributed by atoms with E-state index in [0.717, 1.165) is 16.4 Å². The van der Waals surface area contributed by atoms with Gasteiger partial charge in [0, 0.05) is 12.6 Å². The van der Waals surface area contributed by atoms with E-state index in [1.165, 1.54) is 44.6 Å². The number of nitrogens with zero attached hydrogens (tertiary/aromatic N) is 1. The van der Waals surface area contributed by atoms with Crippen molar-refractivity contribution in [1.82, 2.24) is 5.32 Å². The van der Waals surface area contributed by atoms with Crippen LogP contribution < -0.4 is 24.4 Å². The fourth-order valence-electron chi connectivity index (χ4n) is 3.56. The number of benzene rings is 3. The smallest absolute Gasteiger partial charge is 0.264 e. The summed E-state index contributed by atoms with van der Waals surface area (Å²) < 4.78 is 52.6. The first-order chi connectivity index (χ1) is 18.5. The van der Waals surface area contributed by atoms with Crippen LogP contribution >= 0.6 is 11.6 Å². The van der Waals surface area contributed by atoms with E-state index in [2.05, 4.69) is 10.6 Å². The number of methoxy groups -OCH3 is 2. The predicted octanol–water partition coefficient (Wildman–Crippen LogP) is 4.72. The van der Waals surface area contributed by atoms with Crippen LogP contribution in [0.5, 0.6) is 11.5 Å². The van der Waals surface area contributed by atoms with Gasteiger partial charge in [0.25, 0.3) is 15.9 Å². The maximum atomic E-state index is 13.9. The molecule has 0 unspecified atom stereocenters. The van der Waals surface area contributed by atoms with Gasteiger partial charge in [0.15, 0.2) is 11.5 Å². The fraction of sp³-hybridized carbons (Fsp3) is 0.259. The fourth-order valence-corrected chi connectivity index (χ4v) is 5.17. The van der Waals surface area contributed by atoms with Crippen LogP contribution in [0.2, 0.25) is 5.02 Å². The van der Waals surface area contributed by atoms with Crippen molar-refractivity contribution in [3.8, 4) is 11.5 Å². The third kappa shape index (κ3) is 7.18. The Morgan fingerprint density at radius 3 is 2.33 bits per heavy atom. The number of ether oxygens (including phenoxy) is 2. The molecule has 208 valence electrons. The molecule has 9 nitrogen and oxygen atoms in total. The number of hydrogen-bond acceptors (Lipinski definition) is 6. The van der Waals surface area contributed by atoms with Crippen LogP contribution in [0, 0.1) is 11.7 Å². The summed E-state index contributed by atoms with van der Waals surface area (Å²) in [7, 11) is -1.63. The van der Waals surface area contributed by atoms with Crippen LogP contribution in [0.15, 0.2) is 65.6 Å². The lowest BCUT2D eigenvalue weighted by molar-refractivity contribution is -0.114. The summed E-state index contributed by atoms with van der Waals surface area (Å²) in [6.07, 6.45) is 0. The molecule has 0 heterocycles. The molecular formula is C27H29ClFN3O6S. The molecule has 39 heavy (non-hydrogen) atoms. The average Bonchev–Trinajstić information content (AvgIpc) is 2.91.